The number of sulfonamides is 1. The maximum Gasteiger partial charge on any atom is 0.209 e. The molecule has 0 saturated heterocycles. The molecule has 108 valence electrons. The van der Waals surface area contributed by atoms with Gasteiger partial charge in [0.2, 0.25) is 10.0 Å². The molecule has 0 amide bonds. The highest BCUT2D eigenvalue weighted by atomic mass is 32.2. The molecule has 1 atom stereocenters. The summed E-state index contributed by atoms with van der Waals surface area (Å²) < 4.78 is 25.2. The van der Waals surface area contributed by atoms with Crippen LogP contribution in [-0.4, -0.2) is 26.8 Å². The van der Waals surface area contributed by atoms with E-state index in [1.54, 1.807) is 0 Å². The molecule has 0 aliphatic carbocycles. The molecule has 0 aromatic heterocycles. The molecule has 0 aliphatic rings. The molecule has 0 spiro atoms. The van der Waals surface area contributed by atoms with Crippen molar-refractivity contribution >= 4 is 10.0 Å². The van der Waals surface area contributed by atoms with Gasteiger partial charge in [0, 0.05) is 18.1 Å². The second kappa shape index (κ2) is 6.03. The van der Waals surface area contributed by atoms with Crippen LogP contribution in [0.1, 0.15) is 37.9 Å². The van der Waals surface area contributed by atoms with Gasteiger partial charge in [0.05, 0.1) is 6.26 Å². The highest BCUT2D eigenvalue weighted by molar-refractivity contribution is 7.88. The van der Waals surface area contributed by atoms with Crippen LogP contribution in [0.2, 0.25) is 0 Å². The van der Waals surface area contributed by atoms with Gasteiger partial charge in [0.15, 0.2) is 0 Å². The Kier molecular flexibility index (Phi) is 5.12. The summed E-state index contributed by atoms with van der Waals surface area (Å²) in [4.78, 5) is 0. The molecule has 1 aromatic rings. The van der Waals surface area contributed by atoms with E-state index in [1.165, 1.54) is 17.4 Å². The van der Waals surface area contributed by atoms with Gasteiger partial charge >= 0.3 is 0 Å². The van der Waals surface area contributed by atoms with Gasteiger partial charge in [-0.1, -0.05) is 24.3 Å². The maximum atomic E-state index is 11.3. The minimum Gasteiger partial charge on any atom is -0.308 e. The lowest BCUT2D eigenvalue weighted by Gasteiger charge is -2.28. The van der Waals surface area contributed by atoms with E-state index in [9.17, 15) is 8.42 Å². The molecule has 1 aromatic carbocycles. The fraction of sp³-hybridized carbons (Fsp3) is 0.571. The van der Waals surface area contributed by atoms with Crippen molar-refractivity contribution in [3.05, 3.63) is 35.4 Å². The van der Waals surface area contributed by atoms with Gasteiger partial charge in [-0.05, 0) is 38.8 Å². The largest absolute Gasteiger partial charge is 0.308 e. The quantitative estimate of drug-likeness (QED) is 0.839. The Morgan fingerprint density at radius 3 is 2.37 bits per heavy atom. The lowest BCUT2D eigenvalue weighted by Crippen LogP contribution is -2.50. The molecular weight excluding hydrogens is 260 g/mol. The molecule has 4 nitrogen and oxygen atoms in total. The van der Waals surface area contributed by atoms with E-state index in [0.29, 0.717) is 6.54 Å². The van der Waals surface area contributed by atoms with E-state index >= 15 is 0 Å². The maximum absolute atomic E-state index is 11.3. The number of benzene rings is 1. The number of aryl methyl sites for hydroxylation is 1. The van der Waals surface area contributed by atoms with Crippen molar-refractivity contribution in [1.29, 1.82) is 0 Å². The summed E-state index contributed by atoms with van der Waals surface area (Å²) in [5.74, 6) is 0. The van der Waals surface area contributed by atoms with Crippen molar-refractivity contribution in [2.24, 2.45) is 0 Å². The van der Waals surface area contributed by atoms with Gasteiger partial charge in [0.25, 0.3) is 0 Å². The molecule has 0 saturated carbocycles. The minimum absolute atomic E-state index is 0.182. The smallest absolute Gasteiger partial charge is 0.209 e. The fourth-order valence-electron chi connectivity index (χ4n) is 2.13. The average molecular weight is 284 g/mol. The van der Waals surface area contributed by atoms with Gasteiger partial charge in [-0.15, -0.1) is 0 Å². The van der Waals surface area contributed by atoms with Crippen LogP contribution in [0.15, 0.2) is 24.3 Å². The predicted octanol–water partition coefficient (Wildman–Crippen LogP) is 1.97. The second-order valence-corrected chi connectivity index (χ2v) is 7.47. The third-order valence-electron chi connectivity index (χ3n) is 2.97. The summed E-state index contributed by atoms with van der Waals surface area (Å²) in [5, 5.41) is 3.38. The summed E-state index contributed by atoms with van der Waals surface area (Å²) in [6.45, 7) is 8.46. The lowest BCUT2D eigenvalue weighted by molar-refractivity contribution is 0.398. The first-order valence-electron chi connectivity index (χ1n) is 6.38. The van der Waals surface area contributed by atoms with E-state index in [0.717, 1.165) is 0 Å². The van der Waals surface area contributed by atoms with E-state index in [4.69, 9.17) is 0 Å². The number of hydrogen-bond donors (Lipinski definition) is 2. The Labute approximate surface area is 116 Å². The van der Waals surface area contributed by atoms with Crippen molar-refractivity contribution in [1.82, 2.24) is 10.0 Å². The average Bonchev–Trinajstić information content (AvgIpc) is 2.23. The zero-order valence-electron chi connectivity index (χ0n) is 12.3. The summed E-state index contributed by atoms with van der Waals surface area (Å²) in [7, 11) is -3.19. The molecule has 0 bridgehead atoms. The van der Waals surface area contributed by atoms with Crippen LogP contribution in [0.4, 0.5) is 0 Å². The van der Waals surface area contributed by atoms with Crippen LogP contribution < -0.4 is 10.0 Å². The van der Waals surface area contributed by atoms with Crippen molar-refractivity contribution in [2.45, 2.75) is 39.3 Å². The van der Waals surface area contributed by atoms with Gasteiger partial charge in [-0.3, -0.25) is 0 Å². The molecule has 0 aliphatic heterocycles. The second-order valence-electron chi connectivity index (χ2n) is 5.72. The van der Waals surface area contributed by atoms with Crippen LogP contribution in [0.3, 0.4) is 0 Å². The topological polar surface area (TPSA) is 58.2 Å². The van der Waals surface area contributed by atoms with Gasteiger partial charge in [-0.2, -0.15) is 0 Å². The Bertz CT molecular complexity index is 524. The number of hydrogen-bond acceptors (Lipinski definition) is 3. The zero-order chi connectivity index (χ0) is 14.7. The van der Waals surface area contributed by atoms with Crippen LogP contribution in [0.25, 0.3) is 0 Å². The van der Waals surface area contributed by atoms with E-state index < -0.39 is 15.6 Å². The summed E-state index contributed by atoms with van der Waals surface area (Å²) in [6.07, 6.45) is 1.18. The zero-order valence-corrected chi connectivity index (χ0v) is 13.1. The molecule has 1 rings (SSSR count). The summed E-state index contributed by atoms with van der Waals surface area (Å²) in [5.41, 5.74) is 1.96. The highest BCUT2D eigenvalue weighted by Crippen LogP contribution is 2.17. The Morgan fingerprint density at radius 1 is 1.26 bits per heavy atom. The monoisotopic (exact) mass is 284 g/mol. The van der Waals surface area contributed by atoms with Crippen LogP contribution in [0, 0.1) is 6.92 Å². The Balaban J connectivity index is 2.64. The van der Waals surface area contributed by atoms with Crippen LogP contribution >= 0.6 is 0 Å². The van der Waals surface area contributed by atoms with Crippen LogP contribution in [0.5, 0.6) is 0 Å². The highest BCUT2D eigenvalue weighted by Gasteiger charge is 2.22. The van der Waals surface area contributed by atoms with Crippen molar-refractivity contribution in [2.75, 3.05) is 12.8 Å². The summed E-state index contributed by atoms with van der Waals surface area (Å²) >= 11 is 0. The van der Waals surface area contributed by atoms with Gasteiger partial charge < -0.3 is 5.32 Å². The first kappa shape index (κ1) is 16.1. The first-order valence-corrected chi connectivity index (χ1v) is 8.28. The van der Waals surface area contributed by atoms with Crippen LogP contribution in [-0.2, 0) is 10.0 Å². The number of nitrogens with one attached hydrogen (secondary N) is 2. The third kappa shape index (κ3) is 5.72. The lowest BCUT2D eigenvalue weighted by atomic mass is 10.0. The van der Waals surface area contributed by atoms with Crippen molar-refractivity contribution in [3.63, 3.8) is 0 Å². The number of rotatable bonds is 6. The van der Waals surface area contributed by atoms with E-state index in [-0.39, 0.29) is 6.04 Å². The molecular formula is C14H24N2O2S. The van der Waals surface area contributed by atoms with E-state index in [1.807, 2.05) is 26.0 Å². The SMILES string of the molecule is Cc1ccccc1C(C)NCC(C)(C)NS(C)(=O)=O. The van der Waals surface area contributed by atoms with Gasteiger partial charge in [0.1, 0.15) is 0 Å². The van der Waals surface area contributed by atoms with Crippen molar-refractivity contribution < 1.29 is 8.42 Å². The Morgan fingerprint density at radius 2 is 1.84 bits per heavy atom. The van der Waals surface area contributed by atoms with E-state index in [2.05, 4.69) is 36.0 Å². The first-order chi connectivity index (χ1) is 8.61. The minimum atomic E-state index is -3.19. The Hall–Kier alpha value is -0.910. The van der Waals surface area contributed by atoms with Gasteiger partial charge in [-0.25, -0.2) is 13.1 Å². The van der Waals surface area contributed by atoms with Crippen molar-refractivity contribution in [3.8, 4) is 0 Å². The molecule has 5 heteroatoms. The molecule has 1 unspecified atom stereocenters. The summed E-state index contributed by atoms with van der Waals surface area (Å²) in [6, 6.07) is 8.38. The molecule has 0 heterocycles. The molecule has 19 heavy (non-hydrogen) atoms. The molecule has 0 fully saturated rings. The normalized spacial score (nSPS) is 14.4. The predicted molar refractivity (Wildman–Crippen MR) is 79.7 cm³/mol. The molecule has 0 radical (unpaired) electrons. The fourth-order valence-corrected chi connectivity index (χ4v) is 3.20. The standard InChI is InChI=1S/C14H24N2O2S/c1-11-8-6-7-9-13(11)12(2)15-10-14(3,4)16-19(5,17)18/h6-9,12,15-16H,10H2,1-5H3. The molecule has 2 N–H and O–H groups in total. The third-order valence-corrected chi connectivity index (χ3v) is 3.89.